The van der Waals surface area contributed by atoms with Crippen molar-refractivity contribution in [2.75, 3.05) is 0 Å². The predicted molar refractivity (Wildman–Crippen MR) is 112 cm³/mol. The summed E-state index contributed by atoms with van der Waals surface area (Å²) in [6.45, 7) is 14.1. The van der Waals surface area contributed by atoms with Gasteiger partial charge in [0.2, 0.25) is 0 Å². The molecule has 0 saturated carbocycles. The summed E-state index contributed by atoms with van der Waals surface area (Å²) >= 11 is 0. The van der Waals surface area contributed by atoms with Crippen molar-refractivity contribution in [3.8, 4) is 22.3 Å². The van der Waals surface area contributed by atoms with E-state index in [1.165, 1.54) is 55.6 Å². The summed E-state index contributed by atoms with van der Waals surface area (Å²) in [4.78, 5) is 0. The quantitative estimate of drug-likeness (QED) is 0.575. The van der Waals surface area contributed by atoms with Crippen molar-refractivity contribution in [3.63, 3.8) is 0 Å². The molecule has 1 heterocycles. The Balaban J connectivity index is 2.12. The third-order valence-corrected chi connectivity index (χ3v) is 5.78. The number of hydrogen-bond donors (Lipinski definition) is 1. The Morgan fingerprint density at radius 2 is 1.19 bits per heavy atom. The lowest BCUT2D eigenvalue weighted by atomic mass is 9.81. The second-order valence-corrected chi connectivity index (χ2v) is 7.32. The van der Waals surface area contributed by atoms with E-state index in [4.69, 9.17) is 0 Å². The minimum Gasteiger partial charge on any atom is -0.381 e. The molecule has 0 aliphatic carbocycles. The van der Waals surface area contributed by atoms with E-state index in [1.54, 1.807) is 0 Å². The standard InChI is InChI=1S/C25H25N/c1-15-10-6-8-12-20(15)23-17(3)18(4)24(21-13-9-7-11-16(21)2)25-19(5)26-14-22(23)25/h6-13,26H,5,14H2,1-4H3. The van der Waals surface area contributed by atoms with Crippen LogP contribution in [0.2, 0.25) is 0 Å². The zero-order valence-electron chi connectivity index (χ0n) is 16.0. The summed E-state index contributed by atoms with van der Waals surface area (Å²) in [6, 6.07) is 17.3. The summed E-state index contributed by atoms with van der Waals surface area (Å²) in [5, 5.41) is 3.50. The Bertz CT molecular complexity index is 1040. The van der Waals surface area contributed by atoms with Crippen LogP contribution in [0.25, 0.3) is 28.0 Å². The average molecular weight is 339 g/mol. The van der Waals surface area contributed by atoms with Gasteiger partial charge in [0.15, 0.2) is 0 Å². The Morgan fingerprint density at radius 3 is 1.77 bits per heavy atom. The first kappa shape index (κ1) is 16.7. The van der Waals surface area contributed by atoms with Crippen LogP contribution < -0.4 is 5.32 Å². The molecular weight excluding hydrogens is 314 g/mol. The van der Waals surface area contributed by atoms with E-state index in [1.807, 2.05) is 0 Å². The number of aryl methyl sites for hydroxylation is 2. The normalized spacial score (nSPS) is 12.8. The number of benzene rings is 3. The monoisotopic (exact) mass is 339 g/mol. The molecule has 1 aliphatic heterocycles. The van der Waals surface area contributed by atoms with Gasteiger partial charge in [0.05, 0.1) is 0 Å². The number of nitrogens with one attached hydrogen (secondary N) is 1. The molecule has 1 heteroatoms. The summed E-state index contributed by atoms with van der Waals surface area (Å²) in [6.07, 6.45) is 0. The Morgan fingerprint density at radius 1 is 0.692 bits per heavy atom. The van der Waals surface area contributed by atoms with Crippen molar-refractivity contribution >= 4 is 5.70 Å². The molecule has 0 spiro atoms. The summed E-state index contributed by atoms with van der Waals surface area (Å²) in [5.41, 5.74) is 14.4. The SMILES string of the molecule is C=C1NCc2c1c(-c1ccccc1C)c(C)c(C)c2-c1ccccc1C. The third-order valence-electron chi connectivity index (χ3n) is 5.78. The van der Waals surface area contributed by atoms with Crippen molar-refractivity contribution in [1.82, 2.24) is 5.32 Å². The van der Waals surface area contributed by atoms with Gasteiger partial charge in [0.25, 0.3) is 0 Å². The molecule has 0 unspecified atom stereocenters. The lowest BCUT2D eigenvalue weighted by Crippen LogP contribution is -2.02. The van der Waals surface area contributed by atoms with Gasteiger partial charge in [-0.2, -0.15) is 0 Å². The van der Waals surface area contributed by atoms with Gasteiger partial charge in [-0.1, -0.05) is 55.1 Å². The van der Waals surface area contributed by atoms with Crippen molar-refractivity contribution in [1.29, 1.82) is 0 Å². The second kappa shape index (κ2) is 6.17. The first-order chi connectivity index (χ1) is 12.5. The number of fused-ring (bicyclic) bond motifs is 1. The van der Waals surface area contributed by atoms with Gasteiger partial charge in [-0.05, 0) is 77.8 Å². The fraction of sp³-hybridized carbons (Fsp3) is 0.200. The van der Waals surface area contributed by atoms with Crippen molar-refractivity contribution < 1.29 is 0 Å². The second-order valence-electron chi connectivity index (χ2n) is 7.32. The Labute approximate surface area is 156 Å². The topological polar surface area (TPSA) is 12.0 Å². The highest BCUT2D eigenvalue weighted by molar-refractivity contribution is 5.93. The largest absolute Gasteiger partial charge is 0.381 e. The molecule has 0 radical (unpaired) electrons. The molecule has 0 bridgehead atoms. The van der Waals surface area contributed by atoms with Crippen LogP contribution in [0.3, 0.4) is 0 Å². The van der Waals surface area contributed by atoms with E-state index in [0.717, 1.165) is 12.2 Å². The van der Waals surface area contributed by atoms with Gasteiger partial charge >= 0.3 is 0 Å². The van der Waals surface area contributed by atoms with E-state index in [9.17, 15) is 0 Å². The maximum atomic E-state index is 4.33. The molecule has 0 saturated heterocycles. The van der Waals surface area contributed by atoms with Gasteiger partial charge in [-0.25, -0.2) is 0 Å². The zero-order chi connectivity index (χ0) is 18.4. The third kappa shape index (κ3) is 2.39. The van der Waals surface area contributed by atoms with Crippen LogP contribution >= 0.6 is 0 Å². The van der Waals surface area contributed by atoms with Crippen LogP contribution in [0.15, 0.2) is 55.1 Å². The van der Waals surface area contributed by atoms with Crippen LogP contribution in [0.4, 0.5) is 0 Å². The molecule has 0 fully saturated rings. The summed E-state index contributed by atoms with van der Waals surface area (Å²) < 4.78 is 0. The molecule has 26 heavy (non-hydrogen) atoms. The van der Waals surface area contributed by atoms with Gasteiger partial charge in [-0.15, -0.1) is 0 Å². The fourth-order valence-corrected chi connectivity index (χ4v) is 4.27. The molecule has 130 valence electrons. The minimum atomic E-state index is 0.845. The molecule has 3 aromatic carbocycles. The highest BCUT2D eigenvalue weighted by Crippen LogP contribution is 2.45. The lowest BCUT2D eigenvalue weighted by molar-refractivity contribution is 0.945. The van der Waals surface area contributed by atoms with Gasteiger partial charge in [0, 0.05) is 17.8 Å². The zero-order valence-corrected chi connectivity index (χ0v) is 16.0. The van der Waals surface area contributed by atoms with Crippen LogP contribution in [-0.4, -0.2) is 0 Å². The van der Waals surface area contributed by atoms with Crippen molar-refractivity contribution in [3.05, 3.63) is 88.5 Å². The predicted octanol–water partition coefficient (Wildman–Crippen LogP) is 6.33. The molecule has 0 amide bonds. The van der Waals surface area contributed by atoms with Gasteiger partial charge < -0.3 is 5.32 Å². The maximum Gasteiger partial charge on any atom is 0.0414 e. The highest BCUT2D eigenvalue weighted by Gasteiger charge is 2.27. The van der Waals surface area contributed by atoms with Crippen molar-refractivity contribution in [2.24, 2.45) is 0 Å². The van der Waals surface area contributed by atoms with E-state index in [0.29, 0.717) is 0 Å². The summed E-state index contributed by atoms with van der Waals surface area (Å²) in [5.74, 6) is 0. The molecule has 0 aromatic heterocycles. The van der Waals surface area contributed by atoms with Gasteiger partial charge in [-0.3, -0.25) is 0 Å². The van der Waals surface area contributed by atoms with Gasteiger partial charge in [0.1, 0.15) is 0 Å². The Hall–Kier alpha value is -2.80. The highest BCUT2D eigenvalue weighted by atomic mass is 14.9. The molecule has 0 atom stereocenters. The summed E-state index contributed by atoms with van der Waals surface area (Å²) in [7, 11) is 0. The average Bonchev–Trinajstić information content (AvgIpc) is 3.00. The van der Waals surface area contributed by atoms with Crippen LogP contribution in [-0.2, 0) is 6.54 Å². The van der Waals surface area contributed by atoms with E-state index in [2.05, 4.69) is 88.1 Å². The number of rotatable bonds is 2. The molecule has 1 aliphatic rings. The molecule has 4 rings (SSSR count). The lowest BCUT2D eigenvalue weighted by Gasteiger charge is -2.22. The smallest absolute Gasteiger partial charge is 0.0414 e. The van der Waals surface area contributed by atoms with Crippen LogP contribution in [0, 0.1) is 27.7 Å². The fourth-order valence-electron chi connectivity index (χ4n) is 4.27. The Kier molecular flexibility index (Phi) is 3.96. The molecule has 3 aromatic rings. The van der Waals surface area contributed by atoms with E-state index < -0.39 is 0 Å². The first-order valence-corrected chi connectivity index (χ1v) is 9.22. The molecule has 1 nitrogen and oxygen atoms in total. The first-order valence-electron chi connectivity index (χ1n) is 9.22. The molecular formula is C25H25N. The molecule has 1 N–H and O–H groups in total. The van der Waals surface area contributed by atoms with Crippen LogP contribution in [0.5, 0.6) is 0 Å². The van der Waals surface area contributed by atoms with Crippen molar-refractivity contribution in [2.45, 2.75) is 34.2 Å². The minimum absolute atomic E-state index is 0.845. The number of hydrogen-bond acceptors (Lipinski definition) is 1. The van der Waals surface area contributed by atoms with Crippen LogP contribution in [0.1, 0.15) is 33.4 Å². The maximum absolute atomic E-state index is 4.33. The van der Waals surface area contributed by atoms with E-state index >= 15 is 0 Å². The van der Waals surface area contributed by atoms with E-state index in [-0.39, 0.29) is 0 Å².